The highest BCUT2D eigenvalue weighted by atomic mass is 32.1. The lowest BCUT2D eigenvalue weighted by molar-refractivity contribution is 0.0290. The standard InChI is InChI=1S/C16H22N2O2S/c1-13-18-15(12-21-13)7-8-17-9-16(19)11-20-10-14-5-3-2-4-6-14/h2-6,12,16-17,19H,7-11H2,1H3. The van der Waals surface area contributed by atoms with E-state index in [4.69, 9.17) is 4.74 Å². The van der Waals surface area contributed by atoms with Gasteiger partial charge in [-0.05, 0) is 12.5 Å². The van der Waals surface area contributed by atoms with Gasteiger partial charge in [-0.1, -0.05) is 30.3 Å². The summed E-state index contributed by atoms with van der Waals surface area (Å²) in [5.41, 5.74) is 2.23. The van der Waals surface area contributed by atoms with E-state index in [1.807, 2.05) is 37.3 Å². The van der Waals surface area contributed by atoms with Crippen LogP contribution < -0.4 is 5.32 Å². The number of aryl methyl sites for hydroxylation is 1. The molecule has 1 unspecified atom stereocenters. The SMILES string of the molecule is Cc1nc(CCNCC(O)COCc2ccccc2)cs1. The van der Waals surface area contributed by atoms with Crippen LogP contribution in [0, 0.1) is 6.92 Å². The first-order valence-electron chi connectivity index (χ1n) is 7.15. The van der Waals surface area contributed by atoms with E-state index in [0.717, 1.165) is 29.2 Å². The van der Waals surface area contributed by atoms with Gasteiger partial charge >= 0.3 is 0 Å². The zero-order valence-electron chi connectivity index (χ0n) is 12.3. The molecule has 1 atom stereocenters. The van der Waals surface area contributed by atoms with Gasteiger partial charge in [-0.25, -0.2) is 4.98 Å². The van der Waals surface area contributed by atoms with E-state index < -0.39 is 6.10 Å². The highest BCUT2D eigenvalue weighted by molar-refractivity contribution is 7.09. The second-order valence-electron chi connectivity index (χ2n) is 4.97. The van der Waals surface area contributed by atoms with Crippen molar-refractivity contribution in [1.29, 1.82) is 0 Å². The third-order valence-corrected chi connectivity index (χ3v) is 3.85. The number of aromatic nitrogens is 1. The van der Waals surface area contributed by atoms with Crippen LogP contribution in [0.4, 0.5) is 0 Å². The van der Waals surface area contributed by atoms with Crippen LogP contribution in [0.25, 0.3) is 0 Å². The summed E-state index contributed by atoms with van der Waals surface area (Å²) in [6, 6.07) is 9.97. The van der Waals surface area contributed by atoms with Crippen molar-refractivity contribution in [3.05, 3.63) is 52.0 Å². The summed E-state index contributed by atoms with van der Waals surface area (Å²) in [4.78, 5) is 4.40. The van der Waals surface area contributed by atoms with Gasteiger partial charge in [0.25, 0.3) is 0 Å². The Kier molecular flexibility index (Phi) is 6.82. The summed E-state index contributed by atoms with van der Waals surface area (Å²) in [6.45, 7) is 4.25. The Balaban J connectivity index is 1.52. The van der Waals surface area contributed by atoms with Crippen molar-refractivity contribution in [1.82, 2.24) is 10.3 Å². The molecule has 2 aromatic rings. The van der Waals surface area contributed by atoms with E-state index in [2.05, 4.69) is 15.7 Å². The molecule has 0 fully saturated rings. The lowest BCUT2D eigenvalue weighted by Crippen LogP contribution is -2.31. The quantitative estimate of drug-likeness (QED) is 0.697. The van der Waals surface area contributed by atoms with E-state index in [0.29, 0.717) is 19.8 Å². The predicted molar refractivity (Wildman–Crippen MR) is 85.5 cm³/mol. The molecule has 0 saturated carbocycles. The Morgan fingerprint density at radius 2 is 2.14 bits per heavy atom. The molecule has 2 rings (SSSR count). The van der Waals surface area contributed by atoms with Crippen molar-refractivity contribution in [3.63, 3.8) is 0 Å². The Morgan fingerprint density at radius 1 is 1.33 bits per heavy atom. The lowest BCUT2D eigenvalue weighted by Gasteiger charge is -2.12. The molecular weight excluding hydrogens is 284 g/mol. The van der Waals surface area contributed by atoms with Crippen LogP contribution in [0.3, 0.4) is 0 Å². The first-order valence-corrected chi connectivity index (χ1v) is 8.03. The van der Waals surface area contributed by atoms with E-state index in [1.54, 1.807) is 11.3 Å². The molecule has 0 radical (unpaired) electrons. The number of thiazole rings is 1. The molecule has 0 saturated heterocycles. The fourth-order valence-corrected chi connectivity index (χ4v) is 2.60. The Bertz CT molecular complexity index is 516. The summed E-state index contributed by atoms with van der Waals surface area (Å²) in [5.74, 6) is 0. The molecule has 5 heteroatoms. The normalized spacial score (nSPS) is 12.5. The van der Waals surface area contributed by atoms with Gasteiger partial charge in [0, 0.05) is 24.9 Å². The van der Waals surface area contributed by atoms with Gasteiger partial charge in [-0.2, -0.15) is 0 Å². The molecule has 21 heavy (non-hydrogen) atoms. The van der Waals surface area contributed by atoms with E-state index in [9.17, 15) is 5.11 Å². The van der Waals surface area contributed by atoms with Crippen LogP contribution in [0.15, 0.2) is 35.7 Å². The van der Waals surface area contributed by atoms with E-state index >= 15 is 0 Å². The molecule has 0 aliphatic heterocycles. The van der Waals surface area contributed by atoms with Crippen molar-refractivity contribution in [2.24, 2.45) is 0 Å². The third-order valence-electron chi connectivity index (χ3n) is 3.03. The molecule has 1 heterocycles. The number of nitrogens with one attached hydrogen (secondary N) is 1. The third kappa shape index (κ3) is 6.35. The molecule has 0 bridgehead atoms. The average molecular weight is 306 g/mol. The summed E-state index contributed by atoms with van der Waals surface area (Å²) < 4.78 is 5.50. The largest absolute Gasteiger partial charge is 0.389 e. The van der Waals surface area contributed by atoms with Gasteiger partial charge in [0.05, 0.1) is 30.0 Å². The summed E-state index contributed by atoms with van der Waals surface area (Å²) in [7, 11) is 0. The number of hydrogen-bond acceptors (Lipinski definition) is 5. The average Bonchev–Trinajstić information content (AvgIpc) is 2.90. The fraction of sp³-hybridized carbons (Fsp3) is 0.438. The maximum absolute atomic E-state index is 9.83. The number of rotatable bonds is 9. The zero-order valence-corrected chi connectivity index (χ0v) is 13.1. The number of nitrogens with zero attached hydrogens (tertiary/aromatic N) is 1. The van der Waals surface area contributed by atoms with Gasteiger partial charge in [0.15, 0.2) is 0 Å². The van der Waals surface area contributed by atoms with Crippen molar-refractivity contribution in [2.45, 2.75) is 26.1 Å². The van der Waals surface area contributed by atoms with Gasteiger partial charge in [-0.15, -0.1) is 11.3 Å². The molecule has 0 spiro atoms. The summed E-state index contributed by atoms with van der Waals surface area (Å²) >= 11 is 1.67. The smallest absolute Gasteiger partial charge is 0.0897 e. The van der Waals surface area contributed by atoms with Gasteiger partial charge in [0.1, 0.15) is 0 Å². The number of ether oxygens (including phenoxy) is 1. The van der Waals surface area contributed by atoms with Gasteiger partial charge in [0.2, 0.25) is 0 Å². The topological polar surface area (TPSA) is 54.4 Å². The van der Waals surface area contributed by atoms with Crippen LogP contribution in [-0.2, 0) is 17.8 Å². The van der Waals surface area contributed by atoms with Crippen molar-refractivity contribution >= 4 is 11.3 Å². The van der Waals surface area contributed by atoms with Crippen LogP contribution >= 0.6 is 11.3 Å². The van der Waals surface area contributed by atoms with E-state index in [1.165, 1.54) is 0 Å². The Labute approximate surface area is 129 Å². The minimum absolute atomic E-state index is 0.345. The molecule has 0 aliphatic rings. The zero-order chi connectivity index (χ0) is 14.9. The highest BCUT2D eigenvalue weighted by Crippen LogP contribution is 2.07. The molecular formula is C16H22N2O2S. The van der Waals surface area contributed by atoms with Gasteiger partial charge < -0.3 is 15.2 Å². The fourth-order valence-electron chi connectivity index (χ4n) is 1.95. The summed E-state index contributed by atoms with van der Waals surface area (Å²) in [6.07, 6.45) is 0.410. The monoisotopic (exact) mass is 306 g/mol. The molecule has 2 N–H and O–H groups in total. The Morgan fingerprint density at radius 3 is 2.86 bits per heavy atom. The predicted octanol–water partition coefficient (Wildman–Crippen LogP) is 2.16. The Hall–Kier alpha value is -1.27. The second-order valence-corrected chi connectivity index (χ2v) is 6.03. The number of hydrogen-bond donors (Lipinski definition) is 2. The van der Waals surface area contributed by atoms with E-state index in [-0.39, 0.29) is 0 Å². The van der Waals surface area contributed by atoms with Crippen LogP contribution in [0.2, 0.25) is 0 Å². The van der Waals surface area contributed by atoms with Crippen molar-refractivity contribution < 1.29 is 9.84 Å². The van der Waals surface area contributed by atoms with Crippen molar-refractivity contribution in [2.75, 3.05) is 19.7 Å². The van der Waals surface area contributed by atoms with Crippen LogP contribution in [0.1, 0.15) is 16.3 Å². The van der Waals surface area contributed by atoms with Gasteiger partial charge in [-0.3, -0.25) is 0 Å². The lowest BCUT2D eigenvalue weighted by atomic mass is 10.2. The first-order chi connectivity index (χ1) is 10.2. The van der Waals surface area contributed by atoms with Crippen LogP contribution in [0.5, 0.6) is 0 Å². The minimum atomic E-state index is -0.481. The molecule has 1 aromatic carbocycles. The number of benzene rings is 1. The molecule has 0 amide bonds. The molecule has 1 aromatic heterocycles. The number of aliphatic hydroxyl groups excluding tert-OH is 1. The second kappa shape index (κ2) is 8.89. The maximum atomic E-state index is 9.83. The minimum Gasteiger partial charge on any atom is -0.389 e. The maximum Gasteiger partial charge on any atom is 0.0897 e. The van der Waals surface area contributed by atoms with Crippen LogP contribution in [-0.4, -0.2) is 35.9 Å². The molecule has 4 nitrogen and oxygen atoms in total. The highest BCUT2D eigenvalue weighted by Gasteiger charge is 2.04. The number of aliphatic hydroxyl groups is 1. The first kappa shape index (κ1) is 16.1. The molecule has 0 aliphatic carbocycles. The molecule has 114 valence electrons. The summed E-state index contributed by atoms with van der Waals surface area (Å²) in [5, 5.41) is 16.2. The van der Waals surface area contributed by atoms with Crippen molar-refractivity contribution in [3.8, 4) is 0 Å².